The number of guanidine groups is 1. The number of aliphatic imine (C=N–C) groups is 1. The van der Waals surface area contributed by atoms with E-state index in [1.165, 1.54) is 24.4 Å². The maximum atomic E-state index is 12.5. The molecular formula is C18H21N5O5. The Balaban J connectivity index is 2.07. The van der Waals surface area contributed by atoms with Gasteiger partial charge in [-0.05, 0) is 23.8 Å². The number of carbonyl (C=O) groups is 2. The van der Waals surface area contributed by atoms with Crippen LogP contribution in [0.4, 0.5) is 0 Å². The molecule has 1 aromatic heterocycles. The number of hydrogen-bond donors (Lipinski definition) is 5. The molecule has 1 heterocycles. The number of amides is 1. The molecule has 0 radical (unpaired) electrons. The van der Waals surface area contributed by atoms with E-state index >= 15 is 0 Å². The zero-order chi connectivity index (χ0) is 20.5. The number of phenols is 1. The van der Waals surface area contributed by atoms with Crippen LogP contribution in [-0.2, 0) is 4.79 Å². The van der Waals surface area contributed by atoms with Gasteiger partial charge in [-0.1, -0.05) is 6.07 Å². The fourth-order valence-corrected chi connectivity index (χ4v) is 2.38. The lowest BCUT2D eigenvalue weighted by Gasteiger charge is -2.17. The Labute approximate surface area is 160 Å². The van der Waals surface area contributed by atoms with Gasteiger partial charge < -0.3 is 31.7 Å². The summed E-state index contributed by atoms with van der Waals surface area (Å²) >= 11 is 0. The smallest absolute Gasteiger partial charge is 0.305 e. The van der Waals surface area contributed by atoms with Crippen LogP contribution in [0.25, 0.3) is 0 Å². The van der Waals surface area contributed by atoms with E-state index in [1.54, 1.807) is 18.3 Å². The molecule has 1 amide bonds. The minimum Gasteiger partial charge on any atom is -0.507 e. The minimum atomic E-state index is -1.08. The van der Waals surface area contributed by atoms with Crippen LogP contribution in [-0.4, -0.2) is 46.2 Å². The van der Waals surface area contributed by atoms with E-state index in [0.29, 0.717) is 11.3 Å². The number of aromatic hydroxyl groups is 1. The zero-order valence-electron chi connectivity index (χ0n) is 14.9. The van der Waals surface area contributed by atoms with Crippen LogP contribution >= 0.6 is 0 Å². The summed E-state index contributed by atoms with van der Waals surface area (Å²) in [5.74, 6) is -1.74. The third kappa shape index (κ3) is 6.16. The summed E-state index contributed by atoms with van der Waals surface area (Å²) in [6, 6.07) is 6.66. The number of carboxylic acids is 1. The molecule has 1 aromatic carbocycles. The number of aromatic nitrogens is 1. The summed E-state index contributed by atoms with van der Waals surface area (Å²) in [5, 5.41) is 21.8. The number of nitrogens with one attached hydrogen (secondary N) is 1. The van der Waals surface area contributed by atoms with Crippen molar-refractivity contribution in [3.8, 4) is 11.5 Å². The van der Waals surface area contributed by atoms with Gasteiger partial charge >= 0.3 is 5.97 Å². The first kappa shape index (κ1) is 20.5. The number of hydrogen-bond acceptors (Lipinski definition) is 6. The highest BCUT2D eigenvalue weighted by atomic mass is 16.5. The molecular weight excluding hydrogens is 366 g/mol. The largest absolute Gasteiger partial charge is 0.507 e. The lowest BCUT2D eigenvalue weighted by molar-refractivity contribution is -0.137. The van der Waals surface area contributed by atoms with E-state index in [2.05, 4.69) is 15.3 Å². The van der Waals surface area contributed by atoms with E-state index < -0.39 is 17.9 Å². The summed E-state index contributed by atoms with van der Waals surface area (Å²) in [5.41, 5.74) is 10.9. The maximum Gasteiger partial charge on any atom is 0.305 e. The summed E-state index contributed by atoms with van der Waals surface area (Å²) < 4.78 is 5.38. The van der Waals surface area contributed by atoms with Crippen molar-refractivity contribution in [2.24, 2.45) is 16.5 Å². The zero-order valence-corrected chi connectivity index (χ0v) is 14.9. The first-order valence-electron chi connectivity index (χ1n) is 8.30. The third-order valence-electron chi connectivity index (χ3n) is 3.64. The fourth-order valence-electron chi connectivity index (χ4n) is 2.38. The van der Waals surface area contributed by atoms with Gasteiger partial charge in [0.2, 0.25) is 0 Å². The average molecular weight is 387 g/mol. The Hall–Kier alpha value is -3.82. The van der Waals surface area contributed by atoms with Gasteiger partial charge in [-0.15, -0.1) is 0 Å². The molecule has 0 fully saturated rings. The molecule has 10 heteroatoms. The number of benzene rings is 1. The topological polar surface area (TPSA) is 173 Å². The molecule has 1 unspecified atom stereocenters. The van der Waals surface area contributed by atoms with Crippen molar-refractivity contribution in [3.05, 3.63) is 53.9 Å². The summed E-state index contributed by atoms with van der Waals surface area (Å²) in [7, 11) is 0. The monoisotopic (exact) mass is 387 g/mol. The summed E-state index contributed by atoms with van der Waals surface area (Å²) in [6.07, 6.45) is 2.69. The Morgan fingerprint density at radius 1 is 1.29 bits per heavy atom. The van der Waals surface area contributed by atoms with Gasteiger partial charge in [0.1, 0.15) is 18.1 Å². The van der Waals surface area contributed by atoms with Gasteiger partial charge in [-0.3, -0.25) is 19.6 Å². The standard InChI is InChI=1S/C18H21N5O5/c19-18(20)22-6-7-28-12-3-4-13(15(24)8-12)17(27)23-14(9-16(25)26)11-2-1-5-21-10-11/h1-5,8,10,14,24H,6-7,9H2,(H,23,27)(H,25,26)(H4,19,20,22). The summed E-state index contributed by atoms with van der Waals surface area (Å²) in [4.78, 5) is 31.3. The van der Waals surface area contributed by atoms with E-state index in [0.717, 1.165) is 0 Å². The third-order valence-corrected chi connectivity index (χ3v) is 3.64. The van der Waals surface area contributed by atoms with Crippen molar-refractivity contribution < 1.29 is 24.5 Å². The van der Waals surface area contributed by atoms with Gasteiger partial charge in [0, 0.05) is 18.5 Å². The molecule has 0 saturated heterocycles. The number of rotatable bonds is 9. The molecule has 10 nitrogen and oxygen atoms in total. The van der Waals surface area contributed by atoms with Gasteiger partial charge in [-0.25, -0.2) is 0 Å². The maximum absolute atomic E-state index is 12.5. The second-order valence-corrected chi connectivity index (χ2v) is 5.74. The number of aliphatic carboxylic acids is 1. The Bertz CT molecular complexity index is 853. The van der Waals surface area contributed by atoms with Gasteiger partial charge in [-0.2, -0.15) is 0 Å². The second kappa shape index (κ2) is 9.76. The van der Waals surface area contributed by atoms with Crippen LogP contribution < -0.4 is 21.5 Å². The first-order chi connectivity index (χ1) is 13.4. The van der Waals surface area contributed by atoms with Crippen molar-refractivity contribution in [1.29, 1.82) is 0 Å². The Kier molecular flexibility index (Phi) is 7.14. The molecule has 7 N–H and O–H groups in total. The number of nitrogens with zero attached hydrogens (tertiary/aromatic N) is 2. The van der Waals surface area contributed by atoms with Crippen LogP contribution in [0.1, 0.15) is 28.4 Å². The number of ether oxygens (including phenoxy) is 1. The Morgan fingerprint density at radius 3 is 2.68 bits per heavy atom. The van der Waals surface area contributed by atoms with E-state index in [1.807, 2.05) is 0 Å². The number of pyridine rings is 1. The molecule has 0 aliphatic heterocycles. The Morgan fingerprint density at radius 2 is 2.07 bits per heavy atom. The highest BCUT2D eigenvalue weighted by molar-refractivity contribution is 5.97. The molecule has 0 aliphatic carbocycles. The van der Waals surface area contributed by atoms with Crippen molar-refractivity contribution in [2.75, 3.05) is 13.2 Å². The predicted octanol–water partition coefficient (Wildman–Crippen LogP) is 0.385. The molecule has 0 saturated carbocycles. The quantitative estimate of drug-likeness (QED) is 0.233. The van der Waals surface area contributed by atoms with Crippen LogP contribution in [0.5, 0.6) is 11.5 Å². The second-order valence-electron chi connectivity index (χ2n) is 5.74. The van der Waals surface area contributed by atoms with Gasteiger partial charge in [0.05, 0.1) is 24.6 Å². The highest BCUT2D eigenvalue weighted by Gasteiger charge is 2.21. The molecule has 148 valence electrons. The van der Waals surface area contributed by atoms with E-state index in [9.17, 15) is 14.7 Å². The lowest BCUT2D eigenvalue weighted by atomic mass is 10.0. The summed E-state index contributed by atoms with van der Waals surface area (Å²) in [6.45, 7) is 0.428. The molecule has 0 aliphatic rings. The highest BCUT2D eigenvalue weighted by Crippen LogP contribution is 2.25. The normalized spacial score (nSPS) is 11.3. The van der Waals surface area contributed by atoms with Crippen molar-refractivity contribution in [2.45, 2.75) is 12.5 Å². The molecule has 2 aromatic rings. The van der Waals surface area contributed by atoms with Crippen LogP contribution in [0.3, 0.4) is 0 Å². The molecule has 1 atom stereocenters. The van der Waals surface area contributed by atoms with Gasteiger partial charge in [0.15, 0.2) is 5.96 Å². The first-order valence-corrected chi connectivity index (χ1v) is 8.30. The van der Waals surface area contributed by atoms with Crippen LogP contribution in [0.15, 0.2) is 47.7 Å². The molecule has 0 bridgehead atoms. The number of phenolic OH excluding ortho intramolecular Hbond substituents is 1. The van der Waals surface area contributed by atoms with Crippen molar-refractivity contribution in [3.63, 3.8) is 0 Å². The van der Waals surface area contributed by atoms with Crippen LogP contribution in [0.2, 0.25) is 0 Å². The number of nitrogens with two attached hydrogens (primary N) is 2. The molecule has 28 heavy (non-hydrogen) atoms. The number of carbonyl (C=O) groups excluding carboxylic acids is 1. The van der Waals surface area contributed by atoms with E-state index in [-0.39, 0.29) is 36.8 Å². The van der Waals surface area contributed by atoms with E-state index in [4.69, 9.17) is 21.3 Å². The predicted molar refractivity (Wildman–Crippen MR) is 101 cm³/mol. The van der Waals surface area contributed by atoms with Crippen LogP contribution in [0, 0.1) is 0 Å². The SMILES string of the molecule is NC(N)=NCCOc1ccc(C(=O)NC(CC(=O)O)c2cccnc2)c(O)c1. The van der Waals surface area contributed by atoms with Crippen molar-refractivity contribution >= 4 is 17.8 Å². The molecule has 0 spiro atoms. The van der Waals surface area contributed by atoms with Crippen molar-refractivity contribution in [1.82, 2.24) is 10.3 Å². The van der Waals surface area contributed by atoms with Gasteiger partial charge in [0.25, 0.3) is 5.91 Å². The minimum absolute atomic E-state index is 0.0177. The average Bonchev–Trinajstić information content (AvgIpc) is 2.65. The number of carboxylic acid groups (broad SMARTS) is 1. The lowest BCUT2D eigenvalue weighted by Crippen LogP contribution is -2.30. The molecule has 2 rings (SSSR count). The fraction of sp³-hybridized carbons (Fsp3) is 0.222.